The van der Waals surface area contributed by atoms with Gasteiger partial charge in [-0.1, -0.05) is 28.9 Å². The van der Waals surface area contributed by atoms with Crippen LogP contribution in [0.25, 0.3) is 0 Å². The first kappa shape index (κ1) is 10.2. The van der Waals surface area contributed by atoms with Gasteiger partial charge in [0.1, 0.15) is 0 Å². The highest BCUT2D eigenvalue weighted by atomic mass is 79.9. The standard InChI is InChI=1S/C8H16BrN/c1-4-5-10-8(3)6-7(2)9/h4,7-8,10H,1,5-6H2,2-3H3. The van der Waals surface area contributed by atoms with E-state index in [0.29, 0.717) is 10.9 Å². The predicted octanol–water partition coefficient (Wildman–Crippen LogP) is 2.32. The molecule has 0 fully saturated rings. The van der Waals surface area contributed by atoms with Crippen LogP contribution < -0.4 is 5.32 Å². The van der Waals surface area contributed by atoms with Crippen LogP contribution in [-0.2, 0) is 0 Å². The summed E-state index contributed by atoms with van der Waals surface area (Å²) in [6.07, 6.45) is 3.04. The Labute approximate surface area is 72.0 Å². The van der Waals surface area contributed by atoms with Crippen molar-refractivity contribution in [1.82, 2.24) is 5.32 Å². The second-order valence-corrected chi connectivity index (χ2v) is 4.18. The second kappa shape index (κ2) is 5.93. The molecule has 0 aliphatic heterocycles. The predicted molar refractivity (Wildman–Crippen MR) is 50.7 cm³/mol. The van der Waals surface area contributed by atoms with E-state index in [2.05, 4.69) is 41.7 Å². The maximum absolute atomic E-state index is 3.64. The zero-order chi connectivity index (χ0) is 7.98. The Hall–Kier alpha value is 0.180. The zero-order valence-electron chi connectivity index (χ0n) is 6.73. The number of nitrogens with one attached hydrogen (secondary N) is 1. The summed E-state index contributed by atoms with van der Waals surface area (Å²) < 4.78 is 0. The van der Waals surface area contributed by atoms with Crippen LogP contribution in [0.3, 0.4) is 0 Å². The molecule has 2 heteroatoms. The molecule has 1 nitrogen and oxygen atoms in total. The first-order valence-corrected chi connectivity index (χ1v) is 4.56. The summed E-state index contributed by atoms with van der Waals surface area (Å²) >= 11 is 3.50. The van der Waals surface area contributed by atoms with E-state index >= 15 is 0 Å². The van der Waals surface area contributed by atoms with Gasteiger partial charge < -0.3 is 5.32 Å². The van der Waals surface area contributed by atoms with Gasteiger partial charge in [0.25, 0.3) is 0 Å². The Morgan fingerprint density at radius 2 is 2.20 bits per heavy atom. The summed E-state index contributed by atoms with van der Waals surface area (Å²) in [6.45, 7) is 8.88. The van der Waals surface area contributed by atoms with Crippen molar-refractivity contribution < 1.29 is 0 Å². The minimum absolute atomic E-state index is 0.576. The Kier molecular flexibility index (Phi) is 6.03. The van der Waals surface area contributed by atoms with Crippen molar-refractivity contribution in [3.05, 3.63) is 12.7 Å². The highest BCUT2D eigenvalue weighted by Crippen LogP contribution is 2.05. The molecule has 2 atom stereocenters. The SMILES string of the molecule is C=CCNC(C)CC(C)Br. The van der Waals surface area contributed by atoms with Gasteiger partial charge in [0, 0.05) is 17.4 Å². The van der Waals surface area contributed by atoms with Crippen LogP contribution in [0.2, 0.25) is 0 Å². The van der Waals surface area contributed by atoms with Crippen molar-refractivity contribution in [1.29, 1.82) is 0 Å². The Balaban J connectivity index is 3.24. The van der Waals surface area contributed by atoms with Crippen molar-refractivity contribution in [3.63, 3.8) is 0 Å². The smallest absolute Gasteiger partial charge is 0.0134 e. The van der Waals surface area contributed by atoms with Crippen LogP contribution >= 0.6 is 15.9 Å². The maximum atomic E-state index is 3.64. The lowest BCUT2D eigenvalue weighted by molar-refractivity contribution is 0.545. The fourth-order valence-corrected chi connectivity index (χ4v) is 1.42. The van der Waals surface area contributed by atoms with Crippen molar-refractivity contribution in [2.45, 2.75) is 31.1 Å². The third kappa shape index (κ3) is 6.30. The Morgan fingerprint density at radius 3 is 2.60 bits per heavy atom. The van der Waals surface area contributed by atoms with Crippen LogP contribution in [0.5, 0.6) is 0 Å². The molecule has 0 aromatic carbocycles. The van der Waals surface area contributed by atoms with E-state index < -0.39 is 0 Å². The summed E-state index contributed by atoms with van der Waals surface area (Å²) in [7, 11) is 0. The zero-order valence-corrected chi connectivity index (χ0v) is 8.32. The average Bonchev–Trinajstić information content (AvgIpc) is 1.82. The monoisotopic (exact) mass is 205 g/mol. The first-order valence-electron chi connectivity index (χ1n) is 3.65. The fraction of sp³-hybridized carbons (Fsp3) is 0.750. The van der Waals surface area contributed by atoms with Crippen LogP contribution in [-0.4, -0.2) is 17.4 Å². The molecular weight excluding hydrogens is 190 g/mol. The van der Waals surface area contributed by atoms with E-state index in [1.807, 2.05) is 6.08 Å². The molecule has 10 heavy (non-hydrogen) atoms. The van der Waals surface area contributed by atoms with Gasteiger partial charge in [0.2, 0.25) is 0 Å². The van der Waals surface area contributed by atoms with Gasteiger partial charge in [-0.2, -0.15) is 0 Å². The molecule has 0 aliphatic rings. The van der Waals surface area contributed by atoms with Gasteiger partial charge in [-0.3, -0.25) is 0 Å². The molecule has 2 unspecified atom stereocenters. The molecule has 0 saturated heterocycles. The molecule has 0 aromatic rings. The average molecular weight is 206 g/mol. The van der Waals surface area contributed by atoms with Crippen molar-refractivity contribution in [3.8, 4) is 0 Å². The number of rotatable bonds is 5. The summed E-state index contributed by atoms with van der Waals surface area (Å²) in [6, 6.07) is 0.576. The highest BCUT2D eigenvalue weighted by Gasteiger charge is 2.02. The largest absolute Gasteiger partial charge is 0.311 e. The number of hydrogen-bond donors (Lipinski definition) is 1. The molecule has 0 aromatic heterocycles. The van der Waals surface area contributed by atoms with Crippen LogP contribution in [0, 0.1) is 0 Å². The number of halogens is 1. The van der Waals surface area contributed by atoms with Crippen molar-refractivity contribution in [2.75, 3.05) is 6.54 Å². The first-order chi connectivity index (χ1) is 4.66. The van der Waals surface area contributed by atoms with Crippen LogP contribution in [0.15, 0.2) is 12.7 Å². The van der Waals surface area contributed by atoms with E-state index in [1.165, 1.54) is 0 Å². The van der Waals surface area contributed by atoms with Crippen molar-refractivity contribution >= 4 is 15.9 Å². The highest BCUT2D eigenvalue weighted by molar-refractivity contribution is 9.09. The lowest BCUT2D eigenvalue weighted by Crippen LogP contribution is -2.27. The summed E-state index contributed by atoms with van der Waals surface area (Å²) in [5, 5.41) is 3.32. The third-order valence-corrected chi connectivity index (χ3v) is 1.66. The number of hydrogen-bond acceptors (Lipinski definition) is 1. The molecule has 0 radical (unpaired) electrons. The minimum Gasteiger partial charge on any atom is -0.311 e. The summed E-state index contributed by atoms with van der Waals surface area (Å²) in [5.74, 6) is 0. The molecule has 0 spiro atoms. The molecule has 1 N–H and O–H groups in total. The van der Waals surface area contributed by atoms with Gasteiger partial charge in [-0.05, 0) is 13.3 Å². The van der Waals surface area contributed by atoms with Gasteiger partial charge in [0.05, 0.1) is 0 Å². The topological polar surface area (TPSA) is 12.0 Å². The Morgan fingerprint density at radius 1 is 1.60 bits per heavy atom. The fourth-order valence-electron chi connectivity index (χ4n) is 0.855. The summed E-state index contributed by atoms with van der Waals surface area (Å²) in [4.78, 5) is 0.597. The third-order valence-electron chi connectivity index (χ3n) is 1.29. The molecule has 0 bridgehead atoms. The summed E-state index contributed by atoms with van der Waals surface area (Å²) in [5.41, 5.74) is 0. The molecule has 0 aliphatic carbocycles. The van der Waals surface area contributed by atoms with Crippen LogP contribution in [0.1, 0.15) is 20.3 Å². The number of alkyl halides is 1. The quantitative estimate of drug-likeness (QED) is 0.537. The van der Waals surface area contributed by atoms with Gasteiger partial charge in [-0.15, -0.1) is 6.58 Å². The molecule has 0 saturated carbocycles. The lowest BCUT2D eigenvalue weighted by atomic mass is 10.2. The van der Waals surface area contributed by atoms with Crippen LogP contribution in [0.4, 0.5) is 0 Å². The van der Waals surface area contributed by atoms with E-state index in [1.54, 1.807) is 0 Å². The second-order valence-electron chi connectivity index (χ2n) is 2.61. The molecular formula is C8H16BrN. The van der Waals surface area contributed by atoms with E-state index in [4.69, 9.17) is 0 Å². The molecule has 0 heterocycles. The van der Waals surface area contributed by atoms with Crippen molar-refractivity contribution in [2.24, 2.45) is 0 Å². The molecule has 0 rings (SSSR count). The van der Waals surface area contributed by atoms with E-state index in [9.17, 15) is 0 Å². The Bertz CT molecular complexity index is 91.3. The lowest BCUT2D eigenvalue weighted by Gasteiger charge is -2.12. The van der Waals surface area contributed by atoms with E-state index in [0.717, 1.165) is 13.0 Å². The van der Waals surface area contributed by atoms with Gasteiger partial charge >= 0.3 is 0 Å². The van der Waals surface area contributed by atoms with E-state index in [-0.39, 0.29) is 0 Å². The van der Waals surface area contributed by atoms with Gasteiger partial charge in [-0.25, -0.2) is 0 Å². The molecule has 0 amide bonds. The molecule has 60 valence electrons. The van der Waals surface area contributed by atoms with Gasteiger partial charge in [0.15, 0.2) is 0 Å². The maximum Gasteiger partial charge on any atom is 0.0134 e. The normalized spacial score (nSPS) is 16.3. The minimum atomic E-state index is 0.576.